The summed E-state index contributed by atoms with van der Waals surface area (Å²) in [4.78, 5) is 26.7. The van der Waals surface area contributed by atoms with E-state index >= 15 is 0 Å². The second kappa shape index (κ2) is 5.44. The Morgan fingerprint density at radius 3 is 2.67 bits per heavy atom. The molecule has 1 aliphatic carbocycles. The lowest BCUT2D eigenvalue weighted by Crippen LogP contribution is -2.34. The number of H-pyrrole nitrogens is 1. The van der Waals surface area contributed by atoms with Crippen LogP contribution in [0.2, 0.25) is 0 Å². The fourth-order valence-corrected chi connectivity index (χ4v) is 2.74. The standard InChI is InChI=1S/C16H16N2O3/c19-15(12-3-1-2-4-13(12)16(20)21)18-11-6-5-10-7-8-17-14(10)9-11/h1-2,5-9,12-13,17H,3-4H2,(H,18,19)(H,20,21). The van der Waals surface area contributed by atoms with Gasteiger partial charge in [-0.05, 0) is 36.4 Å². The number of carboxylic acids is 1. The predicted molar refractivity (Wildman–Crippen MR) is 79.9 cm³/mol. The zero-order chi connectivity index (χ0) is 14.8. The molecule has 0 bridgehead atoms. The molecule has 5 heteroatoms. The molecule has 3 rings (SSSR count). The topological polar surface area (TPSA) is 82.2 Å². The maximum atomic E-state index is 12.3. The average molecular weight is 284 g/mol. The van der Waals surface area contributed by atoms with Crippen molar-refractivity contribution >= 4 is 28.5 Å². The highest BCUT2D eigenvalue weighted by Gasteiger charge is 2.33. The Morgan fingerprint density at radius 2 is 1.90 bits per heavy atom. The SMILES string of the molecule is O=C(O)C1CC=CCC1C(=O)Nc1ccc2cc[nH]c2c1. The van der Waals surface area contributed by atoms with E-state index in [1.54, 1.807) is 0 Å². The van der Waals surface area contributed by atoms with Crippen LogP contribution in [0.3, 0.4) is 0 Å². The van der Waals surface area contributed by atoms with Crippen LogP contribution in [0.25, 0.3) is 10.9 Å². The van der Waals surface area contributed by atoms with Crippen LogP contribution >= 0.6 is 0 Å². The highest BCUT2D eigenvalue weighted by Crippen LogP contribution is 2.27. The molecule has 0 fully saturated rings. The summed E-state index contributed by atoms with van der Waals surface area (Å²) in [6.07, 6.45) is 6.41. The fraction of sp³-hybridized carbons (Fsp3) is 0.250. The highest BCUT2D eigenvalue weighted by atomic mass is 16.4. The van der Waals surface area contributed by atoms with Crippen molar-refractivity contribution in [2.24, 2.45) is 11.8 Å². The monoisotopic (exact) mass is 284 g/mol. The van der Waals surface area contributed by atoms with Crippen molar-refractivity contribution in [2.45, 2.75) is 12.8 Å². The largest absolute Gasteiger partial charge is 0.481 e. The number of carbonyl (C=O) groups is 2. The van der Waals surface area contributed by atoms with Crippen LogP contribution in [0.15, 0.2) is 42.6 Å². The number of anilines is 1. The third kappa shape index (κ3) is 2.67. The Kier molecular flexibility index (Phi) is 3.48. The summed E-state index contributed by atoms with van der Waals surface area (Å²) in [6, 6.07) is 7.54. The van der Waals surface area contributed by atoms with Gasteiger partial charge in [-0.3, -0.25) is 9.59 Å². The van der Waals surface area contributed by atoms with Gasteiger partial charge in [-0.15, -0.1) is 0 Å². The zero-order valence-electron chi connectivity index (χ0n) is 11.4. The third-order valence-electron chi connectivity index (χ3n) is 3.91. The van der Waals surface area contributed by atoms with Gasteiger partial charge in [0.25, 0.3) is 0 Å². The summed E-state index contributed by atoms with van der Waals surface area (Å²) >= 11 is 0. The van der Waals surface area contributed by atoms with Crippen LogP contribution in [-0.2, 0) is 9.59 Å². The van der Waals surface area contributed by atoms with E-state index in [-0.39, 0.29) is 5.91 Å². The van der Waals surface area contributed by atoms with E-state index in [0.717, 1.165) is 10.9 Å². The molecule has 0 radical (unpaired) electrons. The van der Waals surface area contributed by atoms with Gasteiger partial charge in [0.15, 0.2) is 0 Å². The van der Waals surface area contributed by atoms with Crippen LogP contribution in [0.5, 0.6) is 0 Å². The molecule has 1 aliphatic rings. The molecule has 2 unspecified atom stereocenters. The van der Waals surface area contributed by atoms with Gasteiger partial charge in [-0.1, -0.05) is 18.2 Å². The summed E-state index contributed by atoms with van der Waals surface area (Å²) in [7, 11) is 0. The lowest BCUT2D eigenvalue weighted by atomic mass is 9.82. The van der Waals surface area contributed by atoms with E-state index in [0.29, 0.717) is 18.5 Å². The molecule has 0 aliphatic heterocycles. The minimum atomic E-state index is -0.917. The second-order valence-electron chi connectivity index (χ2n) is 5.26. The lowest BCUT2D eigenvalue weighted by Gasteiger charge is -2.24. The summed E-state index contributed by atoms with van der Waals surface area (Å²) in [5.41, 5.74) is 1.61. The molecule has 1 aromatic heterocycles. The van der Waals surface area contributed by atoms with Crippen molar-refractivity contribution < 1.29 is 14.7 Å². The number of hydrogen-bond donors (Lipinski definition) is 3. The Labute approximate surface area is 121 Å². The summed E-state index contributed by atoms with van der Waals surface area (Å²) in [5, 5.41) is 13.1. The molecule has 3 N–H and O–H groups in total. The zero-order valence-corrected chi connectivity index (χ0v) is 11.4. The van der Waals surface area contributed by atoms with E-state index in [9.17, 15) is 14.7 Å². The maximum absolute atomic E-state index is 12.3. The van der Waals surface area contributed by atoms with Crippen molar-refractivity contribution in [3.8, 4) is 0 Å². The average Bonchev–Trinajstić information content (AvgIpc) is 2.94. The van der Waals surface area contributed by atoms with Gasteiger partial charge in [0.1, 0.15) is 0 Å². The van der Waals surface area contributed by atoms with E-state index in [4.69, 9.17) is 0 Å². The first-order valence-corrected chi connectivity index (χ1v) is 6.91. The minimum absolute atomic E-state index is 0.238. The fourth-order valence-electron chi connectivity index (χ4n) is 2.74. The van der Waals surface area contributed by atoms with Crippen LogP contribution in [0, 0.1) is 11.8 Å². The van der Waals surface area contributed by atoms with E-state index in [1.807, 2.05) is 42.6 Å². The van der Waals surface area contributed by atoms with Gasteiger partial charge in [0, 0.05) is 17.4 Å². The molecule has 21 heavy (non-hydrogen) atoms. The smallest absolute Gasteiger partial charge is 0.307 e. The first-order chi connectivity index (χ1) is 10.1. The van der Waals surface area contributed by atoms with Crippen molar-refractivity contribution in [3.63, 3.8) is 0 Å². The van der Waals surface area contributed by atoms with Crippen LogP contribution in [-0.4, -0.2) is 22.0 Å². The van der Waals surface area contributed by atoms with Crippen molar-refractivity contribution in [2.75, 3.05) is 5.32 Å². The molecule has 1 heterocycles. The first-order valence-electron chi connectivity index (χ1n) is 6.91. The lowest BCUT2D eigenvalue weighted by molar-refractivity contribution is -0.146. The number of amides is 1. The Hall–Kier alpha value is -2.56. The van der Waals surface area contributed by atoms with E-state index < -0.39 is 17.8 Å². The minimum Gasteiger partial charge on any atom is -0.481 e. The number of aromatic nitrogens is 1. The van der Waals surface area contributed by atoms with E-state index in [1.165, 1.54) is 0 Å². The number of hydrogen-bond acceptors (Lipinski definition) is 2. The molecule has 0 spiro atoms. The highest BCUT2D eigenvalue weighted by molar-refractivity contribution is 5.97. The maximum Gasteiger partial charge on any atom is 0.307 e. The number of carboxylic acid groups (broad SMARTS) is 1. The van der Waals surface area contributed by atoms with Gasteiger partial charge in [0.05, 0.1) is 11.8 Å². The van der Waals surface area contributed by atoms with E-state index in [2.05, 4.69) is 10.3 Å². The number of carbonyl (C=O) groups excluding carboxylic acids is 1. The Bertz CT molecular complexity index is 717. The molecule has 2 aromatic rings. The molecule has 2 atom stereocenters. The number of allylic oxidation sites excluding steroid dienone is 2. The van der Waals surface area contributed by atoms with Gasteiger partial charge in [-0.2, -0.15) is 0 Å². The molecule has 108 valence electrons. The summed E-state index contributed by atoms with van der Waals surface area (Å²) in [5.74, 6) is -2.33. The second-order valence-corrected chi connectivity index (χ2v) is 5.26. The number of rotatable bonds is 3. The third-order valence-corrected chi connectivity index (χ3v) is 3.91. The van der Waals surface area contributed by atoms with Gasteiger partial charge in [0.2, 0.25) is 5.91 Å². The first kappa shape index (κ1) is 13.4. The predicted octanol–water partition coefficient (Wildman–Crippen LogP) is 2.77. The normalized spacial score (nSPS) is 21.3. The van der Waals surface area contributed by atoms with Crippen molar-refractivity contribution in [1.82, 2.24) is 4.98 Å². The molecular weight excluding hydrogens is 268 g/mol. The van der Waals surface area contributed by atoms with Crippen LogP contribution < -0.4 is 5.32 Å². The Balaban J connectivity index is 1.78. The number of aliphatic carboxylic acids is 1. The summed E-state index contributed by atoms with van der Waals surface area (Å²) in [6.45, 7) is 0. The van der Waals surface area contributed by atoms with Gasteiger partial charge in [-0.25, -0.2) is 0 Å². The summed E-state index contributed by atoms with van der Waals surface area (Å²) < 4.78 is 0. The van der Waals surface area contributed by atoms with Crippen molar-refractivity contribution in [1.29, 1.82) is 0 Å². The molecule has 5 nitrogen and oxygen atoms in total. The molecule has 1 amide bonds. The molecule has 1 aromatic carbocycles. The van der Waals surface area contributed by atoms with Crippen LogP contribution in [0.4, 0.5) is 5.69 Å². The molecular formula is C16H16N2O3. The Morgan fingerprint density at radius 1 is 1.14 bits per heavy atom. The van der Waals surface area contributed by atoms with Gasteiger partial charge < -0.3 is 15.4 Å². The van der Waals surface area contributed by atoms with Crippen LogP contribution in [0.1, 0.15) is 12.8 Å². The molecule has 0 saturated carbocycles. The number of benzene rings is 1. The number of aromatic amines is 1. The van der Waals surface area contributed by atoms with Gasteiger partial charge >= 0.3 is 5.97 Å². The van der Waals surface area contributed by atoms with Crippen molar-refractivity contribution in [3.05, 3.63) is 42.6 Å². The number of fused-ring (bicyclic) bond motifs is 1. The molecule has 0 saturated heterocycles. The number of nitrogens with one attached hydrogen (secondary N) is 2. The quantitative estimate of drug-likeness (QED) is 0.758.